The molecule has 0 spiro atoms. The number of nitrogens with two attached hydrogens (primary N) is 1. The number of carbonyl (C=O) groups excluding carboxylic acids is 1. The SMILES string of the molecule is CCCCCCC(=O)N1CC(N)(CCC)C1. The number of hydrogen-bond acceptors (Lipinski definition) is 2. The Morgan fingerprint density at radius 3 is 2.44 bits per heavy atom. The zero-order chi connectivity index (χ0) is 12.0. The first kappa shape index (κ1) is 13.5. The molecule has 0 aromatic rings. The minimum Gasteiger partial charge on any atom is -0.339 e. The molecule has 16 heavy (non-hydrogen) atoms. The van der Waals surface area contributed by atoms with Gasteiger partial charge in [-0.05, 0) is 12.8 Å². The molecule has 0 bridgehead atoms. The van der Waals surface area contributed by atoms with E-state index in [9.17, 15) is 4.79 Å². The number of nitrogens with zero attached hydrogens (tertiary/aromatic N) is 1. The van der Waals surface area contributed by atoms with Crippen LogP contribution in [0.5, 0.6) is 0 Å². The maximum absolute atomic E-state index is 11.8. The van der Waals surface area contributed by atoms with Crippen molar-refractivity contribution in [2.45, 2.75) is 64.3 Å². The van der Waals surface area contributed by atoms with Crippen LogP contribution in [0.25, 0.3) is 0 Å². The Balaban J connectivity index is 2.12. The lowest BCUT2D eigenvalue weighted by Gasteiger charge is -2.48. The van der Waals surface area contributed by atoms with Crippen LogP contribution < -0.4 is 5.73 Å². The first-order valence-corrected chi connectivity index (χ1v) is 6.68. The summed E-state index contributed by atoms with van der Waals surface area (Å²) in [5.74, 6) is 0.299. The summed E-state index contributed by atoms with van der Waals surface area (Å²) in [5.41, 5.74) is 6.05. The van der Waals surface area contributed by atoms with Crippen LogP contribution in [0.3, 0.4) is 0 Å². The molecule has 94 valence electrons. The third-order valence-electron chi connectivity index (χ3n) is 3.36. The highest BCUT2D eigenvalue weighted by Crippen LogP contribution is 2.24. The second kappa shape index (κ2) is 6.24. The number of amides is 1. The summed E-state index contributed by atoms with van der Waals surface area (Å²) in [6, 6.07) is 0. The fourth-order valence-corrected chi connectivity index (χ4v) is 2.41. The van der Waals surface area contributed by atoms with Crippen LogP contribution in [-0.2, 0) is 4.79 Å². The maximum Gasteiger partial charge on any atom is 0.222 e. The van der Waals surface area contributed by atoms with Crippen molar-refractivity contribution in [2.24, 2.45) is 5.73 Å². The molecule has 1 rings (SSSR count). The average molecular weight is 226 g/mol. The largest absolute Gasteiger partial charge is 0.339 e. The summed E-state index contributed by atoms with van der Waals surface area (Å²) in [5, 5.41) is 0. The van der Waals surface area contributed by atoms with E-state index in [0.717, 1.165) is 32.4 Å². The normalized spacial score (nSPS) is 18.3. The molecule has 1 aliphatic heterocycles. The quantitative estimate of drug-likeness (QED) is 0.677. The second-order valence-electron chi connectivity index (χ2n) is 5.17. The summed E-state index contributed by atoms with van der Waals surface area (Å²) in [7, 11) is 0. The average Bonchev–Trinajstić information content (AvgIpc) is 2.21. The lowest BCUT2D eigenvalue weighted by molar-refractivity contribution is -0.139. The van der Waals surface area contributed by atoms with Gasteiger partial charge in [0.25, 0.3) is 0 Å². The summed E-state index contributed by atoms with van der Waals surface area (Å²) in [6.07, 6.45) is 7.53. The molecular formula is C13H26N2O. The summed E-state index contributed by atoms with van der Waals surface area (Å²) >= 11 is 0. The molecule has 0 radical (unpaired) electrons. The third kappa shape index (κ3) is 3.78. The van der Waals surface area contributed by atoms with Crippen LogP contribution >= 0.6 is 0 Å². The molecule has 0 atom stereocenters. The van der Waals surface area contributed by atoms with Crippen LogP contribution in [0.4, 0.5) is 0 Å². The van der Waals surface area contributed by atoms with Gasteiger partial charge in [0.1, 0.15) is 0 Å². The van der Waals surface area contributed by atoms with Crippen LogP contribution in [0.15, 0.2) is 0 Å². The van der Waals surface area contributed by atoms with Crippen molar-refractivity contribution in [3.8, 4) is 0 Å². The zero-order valence-corrected chi connectivity index (χ0v) is 10.8. The molecule has 3 nitrogen and oxygen atoms in total. The van der Waals surface area contributed by atoms with Gasteiger partial charge in [-0.15, -0.1) is 0 Å². The Morgan fingerprint density at radius 1 is 1.19 bits per heavy atom. The summed E-state index contributed by atoms with van der Waals surface area (Å²) in [4.78, 5) is 13.7. The molecule has 0 aliphatic carbocycles. The first-order valence-electron chi connectivity index (χ1n) is 6.68. The molecule has 0 aromatic carbocycles. The van der Waals surface area contributed by atoms with Crippen LogP contribution in [0, 0.1) is 0 Å². The van der Waals surface area contributed by atoms with Gasteiger partial charge in [-0.1, -0.05) is 39.5 Å². The van der Waals surface area contributed by atoms with Crippen LogP contribution in [0.1, 0.15) is 58.8 Å². The Morgan fingerprint density at radius 2 is 1.88 bits per heavy atom. The van der Waals surface area contributed by atoms with Crippen molar-refractivity contribution < 1.29 is 4.79 Å². The van der Waals surface area contributed by atoms with E-state index in [-0.39, 0.29) is 5.54 Å². The molecule has 0 saturated carbocycles. The fourth-order valence-electron chi connectivity index (χ4n) is 2.41. The molecule has 2 N–H and O–H groups in total. The Bertz CT molecular complexity index is 222. The second-order valence-corrected chi connectivity index (χ2v) is 5.17. The molecule has 1 amide bonds. The monoisotopic (exact) mass is 226 g/mol. The van der Waals surface area contributed by atoms with Gasteiger partial charge in [0.2, 0.25) is 5.91 Å². The van der Waals surface area contributed by atoms with E-state index in [0.29, 0.717) is 12.3 Å². The summed E-state index contributed by atoms with van der Waals surface area (Å²) < 4.78 is 0. The molecule has 1 aliphatic rings. The molecule has 1 heterocycles. The molecule has 1 saturated heterocycles. The van der Waals surface area contributed by atoms with Crippen LogP contribution in [-0.4, -0.2) is 29.4 Å². The van der Waals surface area contributed by atoms with Crippen molar-refractivity contribution in [3.63, 3.8) is 0 Å². The Labute approximate surface area is 99.4 Å². The van der Waals surface area contributed by atoms with E-state index in [1.807, 2.05) is 4.90 Å². The van der Waals surface area contributed by atoms with Crippen molar-refractivity contribution in [1.82, 2.24) is 4.90 Å². The van der Waals surface area contributed by atoms with E-state index >= 15 is 0 Å². The van der Waals surface area contributed by atoms with Crippen molar-refractivity contribution in [3.05, 3.63) is 0 Å². The molecule has 0 unspecified atom stereocenters. The van der Waals surface area contributed by atoms with Gasteiger partial charge in [0.15, 0.2) is 0 Å². The van der Waals surface area contributed by atoms with Crippen molar-refractivity contribution in [1.29, 1.82) is 0 Å². The van der Waals surface area contributed by atoms with Crippen molar-refractivity contribution in [2.75, 3.05) is 13.1 Å². The smallest absolute Gasteiger partial charge is 0.222 e. The fraction of sp³-hybridized carbons (Fsp3) is 0.923. The topological polar surface area (TPSA) is 46.3 Å². The van der Waals surface area contributed by atoms with E-state index in [2.05, 4.69) is 13.8 Å². The van der Waals surface area contributed by atoms with E-state index in [4.69, 9.17) is 5.73 Å². The zero-order valence-electron chi connectivity index (χ0n) is 10.8. The highest BCUT2D eigenvalue weighted by Gasteiger charge is 2.40. The van der Waals surface area contributed by atoms with Gasteiger partial charge >= 0.3 is 0 Å². The van der Waals surface area contributed by atoms with Gasteiger partial charge in [0, 0.05) is 19.5 Å². The first-order chi connectivity index (χ1) is 7.61. The third-order valence-corrected chi connectivity index (χ3v) is 3.36. The number of carbonyl (C=O) groups is 1. The molecular weight excluding hydrogens is 200 g/mol. The molecule has 3 heteroatoms. The maximum atomic E-state index is 11.8. The van der Waals surface area contributed by atoms with E-state index < -0.39 is 0 Å². The number of rotatable bonds is 7. The summed E-state index contributed by atoms with van der Waals surface area (Å²) in [6.45, 7) is 5.87. The number of hydrogen-bond donors (Lipinski definition) is 1. The van der Waals surface area contributed by atoms with Crippen LogP contribution in [0.2, 0.25) is 0 Å². The van der Waals surface area contributed by atoms with Crippen molar-refractivity contribution >= 4 is 5.91 Å². The predicted octanol–water partition coefficient (Wildman–Crippen LogP) is 2.30. The number of unbranched alkanes of at least 4 members (excludes halogenated alkanes) is 3. The Kier molecular flexibility index (Phi) is 5.26. The van der Waals surface area contributed by atoms with Gasteiger partial charge in [-0.25, -0.2) is 0 Å². The minimum atomic E-state index is -0.0756. The van der Waals surface area contributed by atoms with Gasteiger partial charge in [-0.3, -0.25) is 4.79 Å². The van der Waals surface area contributed by atoms with Gasteiger partial charge in [0.05, 0.1) is 5.54 Å². The lowest BCUT2D eigenvalue weighted by Crippen LogP contribution is -2.68. The minimum absolute atomic E-state index is 0.0756. The highest BCUT2D eigenvalue weighted by molar-refractivity contribution is 5.77. The number of likely N-dealkylation sites (tertiary alicyclic amines) is 1. The lowest BCUT2D eigenvalue weighted by atomic mass is 9.86. The standard InChI is InChI=1S/C13H26N2O/c1-3-5-6-7-8-12(16)15-10-13(14,11-15)9-4-2/h3-11,14H2,1-2H3. The predicted molar refractivity (Wildman–Crippen MR) is 67.2 cm³/mol. The Hall–Kier alpha value is -0.570. The molecule has 1 fully saturated rings. The van der Waals surface area contributed by atoms with Gasteiger partial charge in [-0.2, -0.15) is 0 Å². The van der Waals surface area contributed by atoms with E-state index in [1.165, 1.54) is 19.3 Å². The molecule has 0 aromatic heterocycles. The van der Waals surface area contributed by atoms with Gasteiger partial charge < -0.3 is 10.6 Å². The van der Waals surface area contributed by atoms with E-state index in [1.54, 1.807) is 0 Å². The highest BCUT2D eigenvalue weighted by atomic mass is 16.2.